The van der Waals surface area contributed by atoms with Gasteiger partial charge in [-0.1, -0.05) is 0 Å². The molecule has 0 aliphatic heterocycles. The fraction of sp³-hybridized carbons (Fsp3) is 0.533. The Morgan fingerprint density at radius 1 is 1.21 bits per heavy atom. The fourth-order valence-corrected chi connectivity index (χ4v) is 3.16. The molecule has 0 aromatic heterocycles. The molecule has 0 amide bonds. The highest BCUT2D eigenvalue weighted by Gasteiger charge is 2.71. The van der Waals surface area contributed by atoms with E-state index in [9.17, 15) is 0 Å². The second-order valence-electron chi connectivity index (χ2n) is 6.02. The molecule has 6 N–H and O–H groups in total. The molecule has 1 fully saturated rings. The van der Waals surface area contributed by atoms with E-state index in [-0.39, 0.29) is 17.4 Å². The number of hydrogen-bond donors (Lipinski definition) is 3. The van der Waals surface area contributed by atoms with Crippen molar-refractivity contribution in [3.8, 4) is 0 Å². The topological polar surface area (TPSA) is 87.3 Å². The Morgan fingerprint density at radius 2 is 1.74 bits per heavy atom. The molecule has 4 nitrogen and oxygen atoms in total. The van der Waals surface area contributed by atoms with E-state index in [1.807, 2.05) is 12.1 Å². The zero-order valence-electron chi connectivity index (χ0n) is 12.1. The Hall–Kier alpha value is -1.39. The van der Waals surface area contributed by atoms with Gasteiger partial charge in [0, 0.05) is 11.4 Å². The molecule has 19 heavy (non-hydrogen) atoms. The molecule has 0 spiro atoms. The van der Waals surface area contributed by atoms with Gasteiger partial charge in [-0.2, -0.15) is 4.74 Å². The van der Waals surface area contributed by atoms with Crippen LogP contribution >= 0.6 is 0 Å². The number of nitrogen functional groups attached to an aromatic ring is 2. The van der Waals surface area contributed by atoms with Crippen molar-refractivity contribution in [2.24, 2.45) is 17.6 Å². The average Bonchev–Trinajstić information content (AvgIpc) is 2.80. The Kier molecular flexibility index (Phi) is 3.41. The molecule has 0 bridgehead atoms. The first-order valence-corrected chi connectivity index (χ1v) is 6.64. The van der Waals surface area contributed by atoms with Gasteiger partial charge in [0.05, 0.1) is 18.6 Å². The molecule has 0 radical (unpaired) electrons. The van der Waals surface area contributed by atoms with Crippen molar-refractivity contribution >= 4 is 11.4 Å². The van der Waals surface area contributed by atoms with Gasteiger partial charge >= 0.3 is 0 Å². The first-order chi connectivity index (χ1) is 8.78. The van der Waals surface area contributed by atoms with Crippen LogP contribution in [0.2, 0.25) is 0 Å². The highest BCUT2D eigenvalue weighted by Crippen LogP contribution is 2.61. The Morgan fingerprint density at radius 3 is 2.16 bits per heavy atom. The van der Waals surface area contributed by atoms with Crippen LogP contribution < -0.4 is 17.2 Å². The van der Waals surface area contributed by atoms with Crippen molar-refractivity contribution in [3.05, 3.63) is 29.9 Å². The largest absolute Gasteiger partial charge is 0.399 e. The number of anilines is 2. The molecule has 3 unspecified atom stereocenters. The third-order valence-corrected chi connectivity index (χ3v) is 4.03. The van der Waals surface area contributed by atoms with Crippen LogP contribution in [0.1, 0.15) is 32.3 Å². The maximum Gasteiger partial charge on any atom is 0.248 e. The molecule has 3 atom stereocenters. The van der Waals surface area contributed by atoms with E-state index in [0.717, 1.165) is 11.7 Å². The van der Waals surface area contributed by atoms with Gasteiger partial charge in [-0.05, 0) is 44.5 Å². The maximum absolute atomic E-state index is 6.42. The van der Waals surface area contributed by atoms with E-state index in [4.69, 9.17) is 21.9 Å². The molecule has 1 aliphatic carbocycles. The lowest BCUT2D eigenvalue weighted by Gasteiger charge is -2.07. The predicted molar refractivity (Wildman–Crippen MR) is 79.2 cm³/mol. The Balaban J connectivity index is 2.31. The van der Waals surface area contributed by atoms with Crippen LogP contribution in [0, 0.1) is 17.9 Å². The summed E-state index contributed by atoms with van der Waals surface area (Å²) in [6.45, 7) is 6.30. The fourth-order valence-electron chi connectivity index (χ4n) is 3.16. The first kappa shape index (κ1) is 14.0. The lowest BCUT2D eigenvalue weighted by molar-refractivity contribution is 0.142. The molecule has 0 saturated heterocycles. The normalized spacial score (nSPS) is 29.6. The van der Waals surface area contributed by atoms with Gasteiger partial charge in [-0.25, -0.2) is 0 Å². The minimum atomic E-state index is -0.296. The van der Waals surface area contributed by atoms with Crippen molar-refractivity contribution in [1.82, 2.24) is 0 Å². The molecule has 1 aromatic rings. The zero-order valence-corrected chi connectivity index (χ0v) is 12.1. The van der Waals surface area contributed by atoms with Crippen LogP contribution in [0.4, 0.5) is 11.4 Å². The smallest absolute Gasteiger partial charge is 0.248 e. The van der Waals surface area contributed by atoms with Gasteiger partial charge in [0.25, 0.3) is 0 Å². The Labute approximate surface area is 115 Å². The lowest BCUT2D eigenvalue weighted by atomic mass is 9.98. The van der Waals surface area contributed by atoms with Crippen LogP contribution in [0.5, 0.6) is 0 Å². The maximum atomic E-state index is 6.42. The third kappa shape index (κ3) is 2.38. The molecule has 1 saturated carbocycles. The minimum absolute atomic E-state index is 0.218. The van der Waals surface area contributed by atoms with Crippen molar-refractivity contribution in [2.75, 3.05) is 18.6 Å². The minimum Gasteiger partial charge on any atom is -0.399 e. The summed E-state index contributed by atoms with van der Waals surface area (Å²) in [5.41, 5.74) is 20.3. The third-order valence-electron chi connectivity index (χ3n) is 4.03. The van der Waals surface area contributed by atoms with Crippen molar-refractivity contribution in [2.45, 2.75) is 32.2 Å². The summed E-state index contributed by atoms with van der Waals surface area (Å²) in [6, 6.07) is 5.68. The van der Waals surface area contributed by atoms with E-state index in [0.29, 0.717) is 17.3 Å². The predicted octanol–water partition coefficient (Wildman–Crippen LogP) is 2.12. The molecule has 1 aromatic carbocycles. The van der Waals surface area contributed by atoms with E-state index in [1.165, 1.54) is 0 Å². The molecule has 0 heterocycles. The van der Waals surface area contributed by atoms with E-state index >= 15 is 0 Å². The number of nitrogens with two attached hydrogens (primary N) is 3. The molecule has 4 heteroatoms. The highest BCUT2D eigenvalue weighted by molar-refractivity contribution is 5.57. The van der Waals surface area contributed by atoms with E-state index in [1.54, 1.807) is 13.2 Å². The van der Waals surface area contributed by atoms with E-state index in [2.05, 4.69) is 20.8 Å². The SMILES string of the molecule is CO[C+](C(C)C)C1C(c2cc(N)cc(N)c2)C1(C)N. The summed E-state index contributed by atoms with van der Waals surface area (Å²) in [5.74, 6) is 0.788. The second-order valence-corrected chi connectivity index (χ2v) is 6.02. The molecular formula is C15H24N3O+. The van der Waals surface area contributed by atoms with Gasteiger partial charge in [0.2, 0.25) is 6.10 Å². The standard InChI is InChI=1S/C15H24N3O/c1-8(2)14(19-4)13-12(15(13,3)18)9-5-10(16)7-11(17)6-9/h5-8,12-13H,16-18H2,1-4H3/q+1. The number of ether oxygens (including phenoxy) is 1. The summed E-state index contributed by atoms with van der Waals surface area (Å²) >= 11 is 0. The highest BCUT2D eigenvalue weighted by atomic mass is 16.5. The lowest BCUT2D eigenvalue weighted by Crippen LogP contribution is -2.25. The molecular weight excluding hydrogens is 238 g/mol. The zero-order chi connectivity index (χ0) is 14.4. The summed E-state index contributed by atoms with van der Waals surface area (Å²) < 4.78 is 5.56. The first-order valence-electron chi connectivity index (χ1n) is 6.64. The molecule has 2 rings (SSSR count). The monoisotopic (exact) mass is 262 g/mol. The Bertz CT molecular complexity index is 450. The van der Waals surface area contributed by atoms with Gasteiger partial charge in [0.1, 0.15) is 5.92 Å². The number of hydrogen-bond acceptors (Lipinski definition) is 4. The van der Waals surface area contributed by atoms with Crippen LogP contribution in [-0.4, -0.2) is 12.6 Å². The van der Waals surface area contributed by atoms with Gasteiger partial charge in [-0.3, -0.25) is 0 Å². The number of methoxy groups -OCH3 is 1. The van der Waals surface area contributed by atoms with Crippen molar-refractivity contribution in [3.63, 3.8) is 0 Å². The van der Waals surface area contributed by atoms with Crippen LogP contribution in [-0.2, 0) is 4.74 Å². The number of rotatable bonds is 4. The average molecular weight is 262 g/mol. The van der Waals surface area contributed by atoms with E-state index < -0.39 is 0 Å². The van der Waals surface area contributed by atoms with Crippen LogP contribution in [0.3, 0.4) is 0 Å². The molecule has 1 aliphatic rings. The second kappa shape index (κ2) is 4.62. The van der Waals surface area contributed by atoms with Crippen molar-refractivity contribution in [1.29, 1.82) is 0 Å². The summed E-state index contributed by atoms with van der Waals surface area (Å²) in [7, 11) is 1.72. The van der Waals surface area contributed by atoms with Crippen molar-refractivity contribution < 1.29 is 4.74 Å². The molecule has 104 valence electrons. The van der Waals surface area contributed by atoms with Gasteiger partial charge in [0.15, 0.2) is 5.92 Å². The summed E-state index contributed by atoms with van der Waals surface area (Å²) in [6.07, 6.45) is 1.05. The van der Waals surface area contributed by atoms with Crippen LogP contribution in [0.15, 0.2) is 18.2 Å². The van der Waals surface area contributed by atoms with Crippen LogP contribution in [0.25, 0.3) is 0 Å². The van der Waals surface area contributed by atoms with Gasteiger partial charge < -0.3 is 17.2 Å². The summed E-state index contributed by atoms with van der Waals surface area (Å²) in [5, 5.41) is 0. The number of benzene rings is 1. The van der Waals surface area contributed by atoms with Gasteiger partial charge in [-0.15, -0.1) is 0 Å². The quantitative estimate of drug-likeness (QED) is 0.573. The summed E-state index contributed by atoms with van der Waals surface area (Å²) in [4.78, 5) is 0.